The maximum absolute atomic E-state index is 3.96. The van der Waals surface area contributed by atoms with E-state index in [9.17, 15) is 0 Å². The molecule has 0 aromatic heterocycles. The Morgan fingerprint density at radius 1 is 1.58 bits per heavy atom. The number of allylic oxidation sites excluding steroid dienone is 1. The molecule has 1 aliphatic rings. The number of hydrogen-bond acceptors (Lipinski definition) is 2. The SMILES string of the molecule is C=CC(=C)N1CC(C)NCC1C. The Morgan fingerprint density at radius 3 is 2.83 bits per heavy atom. The molecule has 0 radical (unpaired) electrons. The average Bonchev–Trinajstić information content (AvgIpc) is 2.08. The molecule has 0 aliphatic carbocycles. The molecular formula is C10H18N2. The van der Waals surface area contributed by atoms with Gasteiger partial charge in [0.15, 0.2) is 0 Å². The van der Waals surface area contributed by atoms with Crippen molar-refractivity contribution in [3.05, 3.63) is 24.9 Å². The molecular weight excluding hydrogens is 148 g/mol. The van der Waals surface area contributed by atoms with Gasteiger partial charge >= 0.3 is 0 Å². The Bertz CT molecular complexity index is 186. The van der Waals surface area contributed by atoms with Gasteiger partial charge < -0.3 is 10.2 Å². The van der Waals surface area contributed by atoms with Gasteiger partial charge in [-0.2, -0.15) is 0 Å². The van der Waals surface area contributed by atoms with Crippen molar-refractivity contribution < 1.29 is 0 Å². The van der Waals surface area contributed by atoms with Gasteiger partial charge in [0.25, 0.3) is 0 Å². The number of piperazine rings is 1. The highest BCUT2D eigenvalue weighted by Crippen LogP contribution is 2.12. The fraction of sp³-hybridized carbons (Fsp3) is 0.600. The van der Waals surface area contributed by atoms with Crippen molar-refractivity contribution in [2.24, 2.45) is 0 Å². The van der Waals surface area contributed by atoms with Crippen LogP contribution in [0.1, 0.15) is 13.8 Å². The lowest BCUT2D eigenvalue weighted by Gasteiger charge is -2.39. The van der Waals surface area contributed by atoms with E-state index in [-0.39, 0.29) is 0 Å². The second kappa shape index (κ2) is 3.76. The highest BCUT2D eigenvalue weighted by Gasteiger charge is 2.21. The fourth-order valence-electron chi connectivity index (χ4n) is 1.54. The van der Waals surface area contributed by atoms with E-state index in [1.54, 1.807) is 0 Å². The standard InChI is InChI=1S/C10H18N2/c1-5-9(3)12-7-8(2)11-6-10(12)4/h5,8,10-11H,1,3,6-7H2,2,4H3. The monoisotopic (exact) mass is 166 g/mol. The quantitative estimate of drug-likeness (QED) is 0.623. The Morgan fingerprint density at radius 2 is 2.25 bits per heavy atom. The molecule has 0 aromatic carbocycles. The highest BCUT2D eigenvalue weighted by atomic mass is 15.2. The van der Waals surface area contributed by atoms with Crippen LogP contribution in [0, 0.1) is 0 Å². The van der Waals surface area contributed by atoms with Crippen LogP contribution in [0.5, 0.6) is 0 Å². The van der Waals surface area contributed by atoms with E-state index in [2.05, 4.69) is 37.2 Å². The predicted octanol–water partition coefficient (Wildman–Crippen LogP) is 1.37. The van der Waals surface area contributed by atoms with Gasteiger partial charge in [0.2, 0.25) is 0 Å². The van der Waals surface area contributed by atoms with Gasteiger partial charge in [-0.1, -0.05) is 13.2 Å². The average molecular weight is 166 g/mol. The first kappa shape index (κ1) is 9.33. The fourth-order valence-corrected chi connectivity index (χ4v) is 1.54. The van der Waals surface area contributed by atoms with Crippen molar-refractivity contribution in [2.45, 2.75) is 25.9 Å². The molecule has 2 heteroatoms. The summed E-state index contributed by atoms with van der Waals surface area (Å²) in [6.45, 7) is 14.2. The number of rotatable bonds is 2. The van der Waals surface area contributed by atoms with Crippen LogP contribution in [-0.4, -0.2) is 30.1 Å². The first-order valence-corrected chi connectivity index (χ1v) is 4.46. The minimum Gasteiger partial charge on any atom is -0.366 e. The zero-order valence-electron chi connectivity index (χ0n) is 8.01. The molecule has 2 unspecified atom stereocenters. The van der Waals surface area contributed by atoms with Gasteiger partial charge in [0, 0.05) is 30.9 Å². The first-order valence-electron chi connectivity index (χ1n) is 4.46. The minimum absolute atomic E-state index is 0.534. The normalized spacial score (nSPS) is 30.0. The van der Waals surface area contributed by atoms with E-state index < -0.39 is 0 Å². The zero-order chi connectivity index (χ0) is 9.14. The van der Waals surface area contributed by atoms with E-state index >= 15 is 0 Å². The molecule has 0 amide bonds. The summed E-state index contributed by atoms with van der Waals surface area (Å²) in [5, 5.41) is 3.42. The summed E-state index contributed by atoms with van der Waals surface area (Å²) in [5.74, 6) is 0. The summed E-state index contributed by atoms with van der Waals surface area (Å²) in [7, 11) is 0. The van der Waals surface area contributed by atoms with E-state index in [4.69, 9.17) is 0 Å². The lowest BCUT2D eigenvalue weighted by atomic mass is 10.1. The summed E-state index contributed by atoms with van der Waals surface area (Å²) >= 11 is 0. The van der Waals surface area contributed by atoms with Crippen LogP contribution in [-0.2, 0) is 0 Å². The van der Waals surface area contributed by atoms with Crippen molar-refractivity contribution in [3.8, 4) is 0 Å². The number of hydrogen-bond donors (Lipinski definition) is 1. The van der Waals surface area contributed by atoms with Crippen LogP contribution < -0.4 is 5.32 Å². The molecule has 0 saturated carbocycles. The number of nitrogens with zero attached hydrogens (tertiary/aromatic N) is 1. The summed E-state index contributed by atoms with van der Waals surface area (Å²) in [6.07, 6.45) is 1.83. The molecule has 12 heavy (non-hydrogen) atoms. The molecule has 1 saturated heterocycles. The van der Waals surface area contributed by atoms with Gasteiger partial charge in [-0.05, 0) is 19.9 Å². The van der Waals surface area contributed by atoms with Crippen LogP contribution in [0.3, 0.4) is 0 Å². The molecule has 1 rings (SSSR count). The molecule has 2 atom stereocenters. The smallest absolute Gasteiger partial charge is 0.0386 e. The second-order valence-corrected chi connectivity index (χ2v) is 3.51. The Kier molecular flexibility index (Phi) is 2.93. The molecule has 68 valence electrons. The molecule has 1 heterocycles. The van der Waals surface area contributed by atoms with E-state index in [1.807, 2.05) is 6.08 Å². The molecule has 0 aromatic rings. The summed E-state index contributed by atoms with van der Waals surface area (Å²) < 4.78 is 0. The lowest BCUT2D eigenvalue weighted by Crippen LogP contribution is -2.53. The third-order valence-corrected chi connectivity index (χ3v) is 2.37. The summed E-state index contributed by atoms with van der Waals surface area (Å²) in [5.41, 5.74) is 1.04. The van der Waals surface area contributed by atoms with Gasteiger partial charge in [0.05, 0.1) is 0 Å². The predicted molar refractivity (Wildman–Crippen MR) is 53.0 cm³/mol. The van der Waals surface area contributed by atoms with Gasteiger partial charge in [-0.15, -0.1) is 0 Å². The van der Waals surface area contributed by atoms with Crippen LogP contribution in [0.4, 0.5) is 0 Å². The van der Waals surface area contributed by atoms with E-state index in [0.29, 0.717) is 12.1 Å². The third kappa shape index (κ3) is 1.89. The Hall–Kier alpha value is -0.760. The van der Waals surface area contributed by atoms with E-state index in [0.717, 1.165) is 18.8 Å². The lowest BCUT2D eigenvalue weighted by molar-refractivity contribution is 0.196. The first-order chi connectivity index (χ1) is 5.65. The van der Waals surface area contributed by atoms with Crippen LogP contribution in [0.2, 0.25) is 0 Å². The molecule has 0 bridgehead atoms. The molecule has 1 N–H and O–H groups in total. The topological polar surface area (TPSA) is 15.3 Å². The van der Waals surface area contributed by atoms with Crippen molar-refractivity contribution in [3.63, 3.8) is 0 Å². The Labute approximate surface area is 74.9 Å². The number of nitrogens with one attached hydrogen (secondary N) is 1. The highest BCUT2D eigenvalue weighted by molar-refractivity contribution is 5.12. The van der Waals surface area contributed by atoms with Crippen molar-refractivity contribution >= 4 is 0 Å². The second-order valence-electron chi connectivity index (χ2n) is 3.51. The largest absolute Gasteiger partial charge is 0.366 e. The molecule has 0 spiro atoms. The zero-order valence-corrected chi connectivity index (χ0v) is 8.01. The van der Waals surface area contributed by atoms with E-state index in [1.165, 1.54) is 0 Å². The molecule has 1 fully saturated rings. The summed E-state index contributed by atoms with van der Waals surface area (Å²) in [6, 6.07) is 1.09. The van der Waals surface area contributed by atoms with Crippen molar-refractivity contribution in [1.82, 2.24) is 10.2 Å². The summed E-state index contributed by atoms with van der Waals surface area (Å²) in [4.78, 5) is 2.30. The maximum Gasteiger partial charge on any atom is 0.0386 e. The molecule has 2 nitrogen and oxygen atoms in total. The van der Waals surface area contributed by atoms with Crippen LogP contribution in [0.25, 0.3) is 0 Å². The van der Waals surface area contributed by atoms with Crippen LogP contribution in [0.15, 0.2) is 24.9 Å². The van der Waals surface area contributed by atoms with Gasteiger partial charge in [0.1, 0.15) is 0 Å². The van der Waals surface area contributed by atoms with Crippen LogP contribution >= 0.6 is 0 Å². The third-order valence-electron chi connectivity index (χ3n) is 2.37. The van der Waals surface area contributed by atoms with Crippen molar-refractivity contribution in [1.29, 1.82) is 0 Å². The van der Waals surface area contributed by atoms with Gasteiger partial charge in [-0.25, -0.2) is 0 Å². The maximum atomic E-state index is 3.96. The van der Waals surface area contributed by atoms with Crippen molar-refractivity contribution in [2.75, 3.05) is 13.1 Å². The van der Waals surface area contributed by atoms with Gasteiger partial charge in [-0.3, -0.25) is 0 Å². The Balaban J connectivity index is 2.60. The molecule has 1 aliphatic heterocycles. The minimum atomic E-state index is 0.534.